The van der Waals surface area contributed by atoms with Crippen LogP contribution in [0, 0.1) is 0 Å². The lowest BCUT2D eigenvalue weighted by molar-refractivity contribution is -0.116. The van der Waals surface area contributed by atoms with Crippen LogP contribution in [0.4, 0.5) is 5.69 Å². The van der Waals surface area contributed by atoms with Gasteiger partial charge in [0.2, 0.25) is 5.91 Å². The number of hydrogen-bond donors (Lipinski definition) is 1. The largest absolute Gasteiger partial charge is 0.330 e. The Balaban J connectivity index is 2.89. The minimum Gasteiger partial charge on any atom is -0.330 e. The number of benzene rings is 1. The summed E-state index contributed by atoms with van der Waals surface area (Å²) in [5.41, 5.74) is 6.17. The van der Waals surface area contributed by atoms with E-state index in [0.717, 1.165) is 12.1 Å². The van der Waals surface area contributed by atoms with Gasteiger partial charge in [0.1, 0.15) is 0 Å². The van der Waals surface area contributed by atoms with Crippen molar-refractivity contribution in [3.63, 3.8) is 0 Å². The number of rotatable bonds is 4. The molecule has 0 fully saturated rings. The molecule has 0 unspecified atom stereocenters. The summed E-state index contributed by atoms with van der Waals surface area (Å²) in [6.07, 6.45) is 0.769. The van der Waals surface area contributed by atoms with Crippen LogP contribution in [0.25, 0.3) is 0 Å². The van der Waals surface area contributed by atoms with E-state index in [9.17, 15) is 4.79 Å². The van der Waals surface area contributed by atoms with Crippen LogP contribution in [0.15, 0.2) is 24.3 Å². The summed E-state index contributed by atoms with van der Waals surface area (Å²) in [6.45, 7) is 2.70. The van der Waals surface area contributed by atoms with E-state index in [1.54, 1.807) is 11.0 Å². The van der Waals surface area contributed by atoms with Gasteiger partial charge in [0, 0.05) is 13.5 Å². The Morgan fingerprint density at radius 1 is 1.47 bits per heavy atom. The molecule has 1 rings (SSSR count). The van der Waals surface area contributed by atoms with Crippen molar-refractivity contribution < 1.29 is 4.79 Å². The van der Waals surface area contributed by atoms with Gasteiger partial charge < -0.3 is 10.6 Å². The van der Waals surface area contributed by atoms with E-state index in [4.69, 9.17) is 17.3 Å². The highest BCUT2D eigenvalue weighted by molar-refractivity contribution is 6.33. The maximum Gasteiger partial charge on any atom is 0.223 e. The zero-order valence-electron chi connectivity index (χ0n) is 8.74. The van der Waals surface area contributed by atoms with Crippen LogP contribution < -0.4 is 10.6 Å². The predicted octanol–water partition coefficient (Wildman–Crippen LogP) is 2.04. The average Bonchev–Trinajstić information content (AvgIpc) is 2.20. The number of anilines is 1. The Hall–Kier alpha value is -1.06. The number of amides is 1. The monoisotopic (exact) mass is 226 g/mol. The molecule has 0 aromatic heterocycles. The zero-order chi connectivity index (χ0) is 11.3. The van der Waals surface area contributed by atoms with Gasteiger partial charge in [-0.05, 0) is 25.1 Å². The summed E-state index contributed by atoms with van der Waals surface area (Å²) in [7, 11) is 0. The van der Waals surface area contributed by atoms with Gasteiger partial charge >= 0.3 is 0 Å². The van der Waals surface area contributed by atoms with Crippen LogP contribution >= 0.6 is 11.6 Å². The third-order valence-electron chi connectivity index (χ3n) is 2.11. The Bertz CT molecular complexity index is 341. The number of nitrogens with two attached hydrogens (primary N) is 1. The van der Waals surface area contributed by atoms with Gasteiger partial charge in [-0.15, -0.1) is 0 Å². The molecule has 1 aromatic carbocycles. The highest BCUT2D eigenvalue weighted by Crippen LogP contribution is 2.25. The van der Waals surface area contributed by atoms with Gasteiger partial charge in [0.15, 0.2) is 0 Å². The maximum absolute atomic E-state index is 11.4. The van der Waals surface area contributed by atoms with E-state index >= 15 is 0 Å². The van der Waals surface area contributed by atoms with Gasteiger partial charge in [-0.2, -0.15) is 0 Å². The molecule has 0 saturated carbocycles. The molecule has 0 atom stereocenters. The van der Waals surface area contributed by atoms with E-state index < -0.39 is 0 Å². The number of hydrogen-bond acceptors (Lipinski definition) is 2. The molecule has 0 aliphatic heterocycles. The van der Waals surface area contributed by atoms with Crippen molar-refractivity contribution in [2.24, 2.45) is 5.73 Å². The Morgan fingerprint density at radius 2 is 2.13 bits per heavy atom. The first-order chi connectivity index (χ1) is 7.16. The predicted molar refractivity (Wildman–Crippen MR) is 63.2 cm³/mol. The molecule has 0 bridgehead atoms. The van der Waals surface area contributed by atoms with Crippen LogP contribution in [0.5, 0.6) is 0 Å². The topological polar surface area (TPSA) is 46.3 Å². The Kier molecular flexibility index (Phi) is 4.59. The second-order valence-corrected chi connectivity index (χ2v) is 3.67. The van der Waals surface area contributed by atoms with Gasteiger partial charge in [0.05, 0.1) is 10.7 Å². The molecule has 1 aromatic rings. The SMILES string of the molecule is CC(=O)N(CCCN)c1ccccc1Cl. The quantitative estimate of drug-likeness (QED) is 0.854. The van der Waals surface area contributed by atoms with E-state index in [1.807, 2.05) is 18.2 Å². The van der Waals surface area contributed by atoms with Gasteiger partial charge in [0.25, 0.3) is 0 Å². The molecule has 0 spiro atoms. The summed E-state index contributed by atoms with van der Waals surface area (Å²) in [5.74, 6) is -0.0171. The summed E-state index contributed by atoms with van der Waals surface area (Å²) >= 11 is 6.02. The summed E-state index contributed by atoms with van der Waals surface area (Å²) < 4.78 is 0. The number of carbonyl (C=O) groups is 1. The van der Waals surface area contributed by atoms with E-state index in [-0.39, 0.29) is 5.91 Å². The van der Waals surface area contributed by atoms with Crippen molar-refractivity contribution in [2.75, 3.05) is 18.0 Å². The van der Waals surface area contributed by atoms with Crippen molar-refractivity contribution in [2.45, 2.75) is 13.3 Å². The van der Waals surface area contributed by atoms with Crippen LogP contribution in [0.3, 0.4) is 0 Å². The highest BCUT2D eigenvalue weighted by atomic mass is 35.5. The molecule has 0 heterocycles. The molecular formula is C11H15ClN2O. The molecular weight excluding hydrogens is 212 g/mol. The molecule has 0 saturated heterocycles. The first-order valence-electron chi connectivity index (χ1n) is 4.89. The van der Waals surface area contributed by atoms with Gasteiger partial charge in [-0.3, -0.25) is 4.79 Å². The smallest absolute Gasteiger partial charge is 0.223 e. The zero-order valence-corrected chi connectivity index (χ0v) is 9.50. The number of carbonyl (C=O) groups excluding carboxylic acids is 1. The van der Waals surface area contributed by atoms with Crippen LogP contribution in [0.1, 0.15) is 13.3 Å². The van der Waals surface area contributed by atoms with Crippen LogP contribution in [-0.2, 0) is 4.79 Å². The van der Waals surface area contributed by atoms with Crippen molar-refractivity contribution in [1.29, 1.82) is 0 Å². The average molecular weight is 227 g/mol. The lowest BCUT2D eigenvalue weighted by Crippen LogP contribution is -2.30. The third kappa shape index (κ3) is 3.22. The van der Waals surface area contributed by atoms with Gasteiger partial charge in [-0.25, -0.2) is 0 Å². The van der Waals surface area contributed by atoms with E-state index in [2.05, 4.69) is 0 Å². The van der Waals surface area contributed by atoms with Crippen molar-refractivity contribution in [3.8, 4) is 0 Å². The fourth-order valence-electron chi connectivity index (χ4n) is 1.37. The standard InChI is InChI=1S/C11H15ClN2O/c1-9(15)14(8-4-7-13)11-6-3-2-5-10(11)12/h2-3,5-6H,4,7-8,13H2,1H3. The Morgan fingerprint density at radius 3 is 2.67 bits per heavy atom. The fraction of sp³-hybridized carbons (Fsp3) is 0.364. The van der Waals surface area contributed by atoms with E-state index in [1.165, 1.54) is 6.92 Å². The second-order valence-electron chi connectivity index (χ2n) is 3.26. The first-order valence-corrected chi connectivity index (χ1v) is 5.27. The summed E-state index contributed by atoms with van der Waals surface area (Å²) in [6, 6.07) is 7.31. The van der Waals surface area contributed by atoms with Crippen LogP contribution in [-0.4, -0.2) is 19.0 Å². The molecule has 0 radical (unpaired) electrons. The lowest BCUT2D eigenvalue weighted by Gasteiger charge is -2.21. The number of halogens is 1. The van der Waals surface area contributed by atoms with E-state index in [0.29, 0.717) is 18.1 Å². The van der Waals surface area contributed by atoms with Gasteiger partial charge in [-0.1, -0.05) is 23.7 Å². The van der Waals surface area contributed by atoms with Crippen molar-refractivity contribution in [1.82, 2.24) is 0 Å². The summed E-state index contributed by atoms with van der Waals surface area (Å²) in [5, 5.41) is 0.588. The summed E-state index contributed by atoms with van der Waals surface area (Å²) in [4.78, 5) is 13.1. The number of para-hydroxylation sites is 1. The lowest BCUT2D eigenvalue weighted by atomic mass is 10.2. The highest BCUT2D eigenvalue weighted by Gasteiger charge is 2.12. The molecule has 82 valence electrons. The second kappa shape index (κ2) is 5.73. The molecule has 3 nitrogen and oxygen atoms in total. The van der Waals surface area contributed by atoms with Crippen LogP contribution in [0.2, 0.25) is 5.02 Å². The minimum atomic E-state index is -0.0171. The fourth-order valence-corrected chi connectivity index (χ4v) is 1.61. The molecule has 2 N–H and O–H groups in total. The molecule has 1 amide bonds. The maximum atomic E-state index is 11.4. The minimum absolute atomic E-state index is 0.0171. The molecule has 0 aliphatic rings. The molecule has 0 aliphatic carbocycles. The normalized spacial score (nSPS) is 10.1. The Labute approximate surface area is 94.8 Å². The van der Waals surface area contributed by atoms with Crippen molar-refractivity contribution >= 4 is 23.2 Å². The first kappa shape index (κ1) is 12.0. The molecule has 15 heavy (non-hydrogen) atoms. The third-order valence-corrected chi connectivity index (χ3v) is 2.43. The van der Waals surface area contributed by atoms with Crippen molar-refractivity contribution in [3.05, 3.63) is 29.3 Å². The number of nitrogens with zero attached hydrogens (tertiary/aromatic N) is 1. The molecule has 4 heteroatoms.